The van der Waals surface area contributed by atoms with E-state index in [4.69, 9.17) is 43.4 Å². The Morgan fingerprint density at radius 2 is 0.642 bits per heavy atom. The summed E-state index contributed by atoms with van der Waals surface area (Å²) in [5.41, 5.74) is 45.2. The van der Waals surface area contributed by atoms with Crippen LogP contribution >= 0.6 is 0 Å². The van der Waals surface area contributed by atoms with Crippen LogP contribution in [0.4, 0.5) is 69.9 Å². The molecule has 0 radical (unpaired) electrons. The second-order valence-corrected chi connectivity index (χ2v) is 32.1. The first-order chi connectivity index (χ1) is 66.1. The van der Waals surface area contributed by atoms with Crippen LogP contribution in [-0.2, 0) is 16.4 Å². The molecule has 27 nitrogen and oxygen atoms in total. The topological polar surface area (TPSA) is 415 Å². The van der Waals surface area contributed by atoms with Gasteiger partial charge in [-0.05, 0) is 210 Å². The van der Waals surface area contributed by atoms with E-state index in [0.29, 0.717) is 107 Å². The van der Waals surface area contributed by atoms with Gasteiger partial charge in [-0.25, -0.2) is 71.8 Å². The first-order valence-electron chi connectivity index (χ1n) is 41.2. The van der Waals surface area contributed by atoms with Gasteiger partial charge in [0.1, 0.15) is 95.8 Å². The van der Waals surface area contributed by atoms with E-state index >= 15 is 0 Å². The van der Waals surface area contributed by atoms with Crippen molar-refractivity contribution in [2.75, 3.05) is 61.7 Å². The Labute approximate surface area is 775 Å². The van der Waals surface area contributed by atoms with Crippen molar-refractivity contribution in [2.24, 2.45) is 0 Å². The number of ether oxygens (including phenoxy) is 2. The smallest absolute Gasteiger partial charge is 0.419 e. The maximum Gasteiger partial charge on any atom is 0.419 e. The van der Waals surface area contributed by atoms with Gasteiger partial charge in [0.25, 0.3) is 0 Å². The minimum atomic E-state index is -4.80. The number of rotatable bonds is 15. The summed E-state index contributed by atoms with van der Waals surface area (Å²) < 4.78 is 147. The SMILES string of the molecule is CN(C)S(=O)(=O)Nc1cc(-c2ncccc2-c2ccc3ncnc(N)c3c2)ccc1F.COc1cc(-c2ncccc2-c2ccc3ncnc(N)c3c2)ccc1F.COc1ccc(F)c(-c2ncccc2-c2ccc3ncnc(N)c3c2)c1.N#Cc1cc(-c2ncccc2-c2ccc3ncnc(N)c3c2)ccc1F.Nc1ncnc2ccc(-c3cccnc3-c3ccc(F)c(C(F)(F)F)c3)cc12. The van der Waals surface area contributed by atoms with Crippen LogP contribution in [0.15, 0.2) is 305 Å². The summed E-state index contributed by atoms with van der Waals surface area (Å²) in [4.78, 5) is 63.1. The molecule has 0 unspecified atom stereocenters. The Balaban J connectivity index is 0.000000124. The second-order valence-electron chi connectivity index (χ2n) is 30.2. The lowest BCUT2D eigenvalue weighted by molar-refractivity contribution is -0.139. The summed E-state index contributed by atoms with van der Waals surface area (Å²) in [6, 6.07) is 68.8. The Bertz CT molecular complexity index is 8190. The molecule has 0 aliphatic rings. The molecule has 0 saturated carbocycles. The summed E-state index contributed by atoms with van der Waals surface area (Å²) in [6.45, 7) is 0. The van der Waals surface area contributed by atoms with Gasteiger partial charge in [0, 0.05) is 128 Å². The number of alkyl halides is 3. The lowest BCUT2D eigenvalue weighted by Crippen LogP contribution is -2.29. The number of nitrogens with zero attached hydrogens (tertiary/aromatic N) is 17. The summed E-state index contributed by atoms with van der Waals surface area (Å²) in [5, 5.41) is 12.7. The van der Waals surface area contributed by atoms with Gasteiger partial charge in [0.15, 0.2) is 11.6 Å². The molecule has 10 aromatic carbocycles. The van der Waals surface area contributed by atoms with E-state index in [9.17, 15) is 43.5 Å². The number of hydrogen-bond acceptors (Lipinski definition) is 25. The lowest BCUT2D eigenvalue weighted by atomic mass is 9.97. The minimum Gasteiger partial charge on any atom is -0.497 e. The predicted molar refractivity (Wildman–Crippen MR) is 512 cm³/mol. The Kier molecular flexibility index (Phi) is 26.9. The average Bonchev–Trinajstić information content (AvgIpc) is 0.821. The summed E-state index contributed by atoms with van der Waals surface area (Å²) >= 11 is 0. The zero-order valence-electron chi connectivity index (χ0n) is 72.4. The maximum absolute atomic E-state index is 14.5. The number of halogens is 8. The number of anilines is 6. The largest absolute Gasteiger partial charge is 0.497 e. The van der Waals surface area contributed by atoms with E-state index in [1.165, 1.54) is 102 Å². The normalized spacial score (nSPS) is 11.2. The number of nitrogens with one attached hydrogen (secondary N) is 1. The Morgan fingerprint density at radius 3 is 0.993 bits per heavy atom. The van der Waals surface area contributed by atoms with E-state index in [2.05, 4.69) is 79.5 Å². The highest BCUT2D eigenvalue weighted by atomic mass is 32.2. The van der Waals surface area contributed by atoms with Crippen LogP contribution in [-0.4, -0.2) is 116 Å². The van der Waals surface area contributed by atoms with Gasteiger partial charge in [-0.1, -0.05) is 60.7 Å². The molecule has 36 heteroatoms. The predicted octanol–water partition coefficient (Wildman–Crippen LogP) is 20.5. The number of nitrogen functional groups attached to an aromatic ring is 5. The molecule has 678 valence electrons. The van der Waals surface area contributed by atoms with Crippen molar-refractivity contribution < 1.29 is 53.0 Å². The van der Waals surface area contributed by atoms with Gasteiger partial charge in [-0.3, -0.25) is 29.6 Å². The highest BCUT2D eigenvalue weighted by Gasteiger charge is 2.35. The second kappa shape index (κ2) is 39.9. The number of hydrogen-bond donors (Lipinski definition) is 6. The van der Waals surface area contributed by atoms with Crippen LogP contribution in [0.5, 0.6) is 11.5 Å². The number of fused-ring (bicyclic) bond motifs is 5. The molecule has 0 bridgehead atoms. The number of pyridine rings is 5. The van der Waals surface area contributed by atoms with Crippen molar-refractivity contribution >= 4 is 99.5 Å². The number of benzene rings is 10. The van der Waals surface area contributed by atoms with Crippen molar-refractivity contribution in [3.8, 4) is 129 Å². The van der Waals surface area contributed by atoms with Gasteiger partial charge < -0.3 is 38.1 Å². The summed E-state index contributed by atoms with van der Waals surface area (Å²) in [5.74, 6) is -0.742. The van der Waals surface area contributed by atoms with Gasteiger partial charge in [-0.2, -0.15) is 31.2 Å². The fourth-order valence-corrected chi connectivity index (χ4v) is 15.4. The molecule has 10 heterocycles. The van der Waals surface area contributed by atoms with Crippen LogP contribution in [0.3, 0.4) is 0 Å². The van der Waals surface area contributed by atoms with E-state index in [0.717, 1.165) is 105 Å². The standard InChI is InChI=1S/C21H19FN6O2S.C20H12F4N4.C20H12FN5.2C20H15FN4O/c1-28(2)31(29,30)27-19-11-14(5-7-17(19)22)20-15(4-3-9-24-20)13-6-8-18-16(10-13)21(23)26-12-25-18;21-16-5-3-12(9-15(16)20(22,23)24)18-13(2-1-7-26-18)11-4-6-17-14(8-11)19(25)28-10-27-17;21-17-5-3-13(8-14(17)10-22)19-15(2-1-7-24-19)12-4-6-18-16(9-12)20(23)26-11-25-18;1-26-13-5-6-17(21)15(10-13)19-14(3-2-8-23-19)12-4-7-18-16(9-12)20(22)25-11-24-18;1-26-18-10-13(4-6-16(18)21)19-14(3-2-8-23-19)12-5-7-17-15(9-12)20(22)25-11-24-17/h3-12,27H,1-2H3,(H2,23,25,26);1-10H,(H2,25,27,28);1-9,11H,(H2,23,25,26);2*2-11H,1H3,(H2,22,24,25). The summed E-state index contributed by atoms with van der Waals surface area (Å²) in [7, 11) is 1.83. The van der Waals surface area contributed by atoms with Gasteiger partial charge >= 0.3 is 16.4 Å². The van der Waals surface area contributed by atoms with Crippen molar-refractivity contribution in [3.05, 3.63) is 345 Å². The molecule has 0 fully saturated rings. The zero-order valence-corrected chi connectivity index (χ0v) is 73.2. The average molecular weight is 1860 g/mol. The quantitative estimate of drug-likeness (QED) is 0.0519. The van der Waals surface area contributed by atoms with Gasteiger partial charge in [0.2, 0.25) is 0 Å². The highest BCUT2D eigenvalue weighted by Crippen LogP contribution is 2.43. The van der Waals surface area contributed by atoms with Gasteiger partial charge in [-0.15, -0.1) is 0 Å². The molecule has 20 aromatic rings. The fourth-order valence-electron chi connectivity index (χ4n) is 14.8. The van der Waals surface area contributed by atoms with E-state index in [-0.39, 0.29) is 28.4 Å². The monoisotopic (exact) mass is 1860 g/mol. The molecule has 0 saturated heterocycles. The number of nitriles is 1. The number of methoxy groups -OCH3 is 2. The molecule has 10 aromatic heterocycles. The molecule has 0 atom stereocenters. The van der Waals surface area contributed by atoms with Crippen molar-refractivity contribution in [1.82, 2.24) is 79.1 Å². The summed E-state index contributed by atoms with van der Waals surface area (Å²) in [6.07, 6.45) is 10.3. The lowest BCUT2D eigenvalue weighted by Gasteiger charge is -2.15. The molecule has 0 amide bonds. The maximum atomic E-state index is 14.5. The van der Waals surface area contributed by atoms with Crippen LogP contribution in [0.2, 0.25) is 0 Å². The van der Waals surface area contributed by atoms with E-state index in [1.54, 1.807) is 105 Å². The third kappa shape index (κ3) is 20.2. The third-order valence-electron chi connectivity index (χ3n) is 21.6. The van der Waals surface area contributed by atoms with Crippen LogP contribution in [0, 0.1) is 40.4 Å². The third-order valence-corrected chi connectivity index (χ3v) is 23.1. The van der Waals surface area contributed by atoms with Crippen LogP contribution in [0.25, 0.3) is 166 Å². The molecule has 137 heavy (non-hydrogen) atoms. The van der Waals surface area contributed by atoms with Crippen molar-refractivity contribution in [3.63, 3.8) is 0 Å². The molecular formula is C101H73F8N23O4S. The first-order valence-corrected chi connectivity index (χ1v) is 42.6. The zero-order chi connectivity index (χ0) is 96.3. The molecule has 0 spiro atoms. The minimum absolute atomic E-state index is 0.0183. The molecular weight excluding hydrogens is 1780 g/mol. The molecule has 11 N–H and O–H groups in total. The number of nitrogens with two attached hydrogens (primary N) is 5. The van der Waals surface area contributed by atoms with Crippen molar-refractivity contribution in [2.45, 2.75) is 6.18 Å². The fraction of sp³-hybridized carbons (Fsp3) is 0.0495. The van der Waals surface area contributed by atoms with Crippen molar-refractivity contribution in [1.29, 1.82) is 5.26 Å². The number of aromatic nitrogens is 15. The highest BCUT2D eigenvalue weighted by molar-refractivity contribution is 7.90. The van der Waals surface area contributed by atoms with Gasteiger partial charge in [0.05, 0.1) is 87.1 Å². The Morgan fingerprint density at radius 1 is 0.328 bits per heavy atom. The van der Waals surface area contributed by atoms with E-state index in [1.807, 2.05) is 121 Å². The molecule has 0 aliphatic heterocycles. The van der Waals surface area contributed by atoms with Crippen LogP contribution in [0.1, 0.15) is 11.1 Å². The van der Waals surface area contributed by atoms with E-state index < -0.39 is 45.2 Å². The molecule has 0 aliphatic carbocycles. The van der Waals surface area contributed by atoms with Crippen LogP contribution < -0.4 is 42.9 Å². The Hall–Kier alpha value is -18.1. The first kappa shape index (κ1) is 92.2. The molecule has 20 rings (SSSR count).